The predicted molar refractivity (Wildman–Crippen MR) is 334 cm³/mol. The summed E-state index contributed by atoms with van der Waals surface area (Å²) in [6.07, 6.45) is 26.7. The predicted octanol–water partition coefficient (Wildman–Crippen LogP) is 22.0. The van der Waals surface area contributed by atoms with E-state index in [4.69, 9.17) is 4.74 Å². The van der Waals surface area contributed by atoms with Crippen LogP contribution in [0.25, 0.3) is 16.7 Å². The number of hydrogen-bond acceptors (Lipinski definition) is 1. The van der Waals surface area contributed by atoms with E-state index in [2.05, 4.69) is 239 Å². The number of hydrogen-bond donors (Lipinski definition) is 0. The van der Waals surface area contributed by atoms with Crippen molar-refractivity contribution in [1.82, 2.24) is 0 Å². The third-order valence-electron chi connectivity index (χ3n) is 13.2. The van der Waals surface area contributed by atoms with Crippen molar-refractivity contribution in [3.05, 3.63) is 261 Å². The minimum Gasteiger partial charge on any atom is -0.485 e. The molecule has 0 saturated heterocycles. The first-order valence-corrected chi connectivity index (χ1v) is 28.0. The first-order valence-electron chi connectivity index (χ1n) is 28.0. The standard InChI is InChI=1S/C20H18O.C17H22.C15H18.C13H14.4C2H6/c1-13-7-3-4-8-15(13)16-11-12-19-20(14(16)2)17-9-5-6-10-18(17)21-19;1-5-8-13(2)11-15-12-14-9-6-7-10-16(14)17(15,3)4;1-5-12(2)6-9-14(4)15-10-7-13(3)8-11-15;1-11-7-9-13(10-8-11)12-5-3-2-4-6-12;4*1-2/h3-12,19-20H,1-2H3;6-11H,5,12H2,1-4H3;5-11H,1H2,2-4H3;3,5-10H,2,4H2,1H3;4*1-2H3/b;13-8-,15-11+;12-6-,14-9+;;;;;. The zero-order valence-corrected chi connectivity index (χ0v) is 49.4. The van der Waals surface area contributed by atoms with Crippen LogP contribution in [0, 0.1) is 20.8 Å². The van der Waals surface area contributed by atoms with Crippen LogP contribution in [0.1, 0.15) is 179 Å². The van der Waals surface area contributed by atoms with Crippen molar-refractivity contribution in [3.8, 4) is 5.75 Å². The van der Waals surface area contributed by atoms with Crippen molar-refractivity contribution in [2.45, 2.75) is 168 Å². The molecule has 5 aromatic rings. The normalized spacial score (nSPS) is 16.9. The number of ether oxygens (including phenoxy) is 1. The summed E-state index contributed by atoms with van der Waals surface area (Å²) < 4.78 is 6.07. The van der Waals surface area contributed by atoms with Gasteiger partial charge in [0.05, 0.1) is 0 Å². The van der Waals surface area contributed by atoms with E-state index in [1.165, 1.54) is 96.4 Å². The Bertz CT molecular complexity index is 2710. The Hall–Kier alpha value is -6.44. The largest absolute Gasteiger partial charge is 0.485 e. The summed E-state index contributed by atoms with van der Waals surface area (Å²) in [6.45, 7) is 41.6. The topological polar surface area (TPSA) is 9.23 Å². The second-order valence-electron chi connectivity index (χ2n) is 18.7. The van der Waals surface area contributed by atoms with E-state index in [-0.39, 0.29) is 11.5 Å². The Labute approximate surface area is 453 Å². The fraction of sp³-hybridized carbons (Fsp3) is 0.342. The van der Waals surface area contributed by atoms with Crippen molar-refractivity contribution < 1.29 is 4.74 Å². The molecule has 5 aromatic carbocycles. The van der Waals surface area contributed by atoms with E-state index in [1.54, 1.807) is 5.57 Å². The SMILES string of the molecule is C=C/C(C)=C\C=C(/C)c1ccc(C)cc1.CC.CC.CC.CC.CC/C=C(C)\C=C1/Cc2ccccc2C1(C)C.CC1=C(c2ccccc2C)C=CC2Oc3ccccc3C12.Cc1ccc(C2=CCCC=C2)cc1. The van der Waals surface area contributed by atoms with Gasteiger partial charge in [-0.15, -0.1) is 0 Å². The highest BCUT2D eigenvalue weighted by atomic mass is 16.5. The van der Waals surface area contributed by atoms with Gasteiger partial charge >= 0.3 is 0 Å². The maximum atomic E-state index is 6.07. The molecular weight excluding hydrogens is 893 g/mol. The van der Waals surface area contributed by atoms with E-state index in [1.807, 2.05) is 74.5 Å². The lowest BCUT2D eigenvalue weighted by Gasteiger charge is -2.25. The van der Waals surface area contributed by atoms with Gasteiger partial charge < -0.3 is 4.74 Å². The molecule has 74 heavy (non-hydrogen) atoms. The van der Waals surface area contributed by atoms with Crippen LogP contribution in [-0.4, -0.2) is 6.10 Å². The average Bonchev–Trinajstić information content (AvgIpc) is 3.95. The lowest BCUT2D eigenvalue weighted by molar-refractivity contribution is 0.265. The Balaban J connectivity index is 0.000000327. The lowest BCUT2D eigenvalue weighted by atomic mass is 9.80. The summed E-state index contributed by atoms with van der Waals surface area (Å²) >= 11 is 0. The van der Waals surface area contributed by atoms with Crippen LogP contribution >= 0.6 is 0 Å². The summed E-state index contributed by atoms with van der Waals surface area (Å²) in [4.78, 5) is 0. The van der Waals surface area contributed by atoms with Gasteiger partial charge in [0.1, 0.15) is 11.9 Å². The number of benzene rings is 5. The molecule has 2 unspecified atom stereocenters. The molecule has 2 atom stereocenters. The maximum absolute atomic E-state index is 6.07. The quantitative estimate of drug-likeness (QED) is 0.148. The maximum Gasteiger partial charge on any atom is 0.128 e. The molecule has 9 rings (SSSR count). The van der Waals surface area contributed by atoms with E-state index in [9.17, 15) is 0 Å². The lowest BCUT2D eigenvalue weighted by Crippen LogP contribution is -2.20. The monoisotopic (exact) mass is 989 g/mol. The van der Waals surface area contributed by atoms with Gasteiger partial charge in [-0.05, 0) is 136 Å². The Morgan fingerprint density at radius 2 is 1.26 bits per heavy atom. The van der Waals surface area contributed by atoms with Crippen LogP contribution in [0.3, 0.4) is 0 Å². The number of aryl methyl sites for hydroxylation is 3. The molecule has 394 valence electrons. The van der Waals surface area contributed by atoms with Crippen molar-refractivity contribution in [3.63, 3.8) is 0 Å². The van der Waals surface area contributed by atoms with Gasteiger partial charge in [0.2, 0.25) is 0 Å². The third kappa shape index (κ3) is 18.5. The molecule has 0 fully saturated rings. The van der Waals surface area contributed by atoms with Crippen LogP contribution in [0.5, 0.6) is 5.75 Å². The number of allylic oxidation sites excluding steroid dienone is 15. The molecule has 1 nitrogen and oxygen atoms in total. The molecule has 0 N–H and O–H groups in total. The van der Waals surface area contributed by atoms with Gasteiger partial charge in [-0.25, -0.2) is 0 Å². The molecule has 0 aromatic heterocycles. The van der Waals surface area contributed by atoms with Crippen LogP contribution < -0.4 is 4.74 Å². The van der Waals surface area contributed by atoms with Gasteiger partial charge in [-0.2, -0.15) is 0 Å². The number of para-hydroxylation sites is 1. The summed E-state index contributed by atoms with van der Waals surface area (Å²) in [5.41, 5.74) is 21.9. The van der Waals surface area contributed by atoms with E-state index >= 15 is 0 Å². The molecule has 1 aliphatic heterocycles. The van der Waals surface area contributed by atoms with E-state index in [0.29, 0.717) is 5.92 Å². The molecule has 0 amide bonds. The molecule has 0 saturated carbocycles. The zero-order chi connectivity index (χ0) is 55.2. The second kappa shape index (κ2) is 34.1. The third-order valence-corrected chi connectivity index (χ3v) is 13.2. The molecule has 4 aliphatic rings. The zero-order valence-electron chi connectivity index (χ0n) is 49.4. The highest BCUT2D eigenvalue weighted by molar-refractivity contribution is 5.81. The average molecular weight is 990 g/mol. The Kier molecular flexibility index (Phi) is 29.4. The fourth-order valence-corrected chi connectivity index (χ4v) is 9.11. The molecule has 3 aliphatic carbocycles. The molecule has 0 spiro atoms. The second-order valence-corrected chi connectivity index (χ2v) is 18.7. The fourth-order valence-electron chi connectivity index (χ4n) is 9.11. The smallest absolute Gasteiger partial charge is 0.128 e. The molecule has 0 bridgehead atoms. The number of fused-ring (bicyclic) bond motifs is 4. The van der Waals surface area contributed by atoms with Crippen molar-refractivity contribution >= 4 is 16.7 Å². The summed E-state index contributed by atoms with van der Waals surface area (Å²) in [5, 5.41) is 0. The van der Waals surface area contributed by atoms with Crippen LogP contribution in [0.2, 0.25) is 0 Å². The van der Waals surface area contributed by atoms with Crippen LogP contribution in [0.15, 0.2) is 211 Å². The van der Waals surface area contributed by atoms with Gasteiger partial charge in [-0.1, -0.05) is 286 Å². The van der Waals surface area contributed by atoms with Gasteiger partial charge in [0.25, 0.3) is 0 Å². The highest BCUT2D eigenvalue weighted by Gasteiger charge is 2.37. The minimum absolute atomic E-state index is 0.148. The molecule has 1 heterocycles. The van der Waals surface area contributed by atoms with Gasteiger partial charge in [0, 0.05) is 16.9 Å². The summed E-state index contributed by atoms with van der Waals surface area (Å²) in [7, 11) is 0. The summed E-state index contributed by atoms with van der Waals surface area (Å²) in [5.74, 6) is 1.38. The van der Waals surface area contributed by atoms with Gasteiger partial charge in [0.15, 0.2) is 0 Å². The van der Waals surface area contributed by atoms with E-state index in [0.717, 1.165) is 18.6 Å². The molecule has 0 radical (unpaired) electrons. The minimum atomic E-state index is 0.148. The van der Waals surface area contributed by atoms with E-state index < -0.39 is 0 Å². The molecule has 1 heteroatoms. The summed E-state index contributed by atoms with van der Waals surface area (Å²) in [6, 6.07) is 43.1. The number of rotatable bonds is 7. The Morgan fingerprint density at radius 1 is 0.662 bits per heavy atom. The van der Waals surface area contributed by atoms with Crippen LogP contribution in [-0.2, 0) is 11.8 Å². The van der Waals surface area contributed by atoms with Crippen molar-refractivity contribution in [2.24, 2.45) is 0 Å². The Morgan fingerprint density at radius 3 is 1.85 bits per heavy atom. The first-order chi connectivity index (χ1) is 35.8. The van der Waals surface area contributed by atoms with Gasteiger partial charge in [-0.3, -0.25) is 0 Å². The highest BCUT2D eigenvalue weighted by Crippen LogP contribution is 2.47. The van der Waals surface area contributed by atoms with Crippen LogP contribution in [0.4, 0.5) is 0 Å². The first kappa shape index (κ1) is 63.7. The molecular formula is C73H96O. The van der Waals surface area contributed by atoms with Crippen molar-refractivity contribution in [2.75, 3.05) is 0 Å². The van der Waals surface area contributed by atoms with Crippen molar-refractivity contribution in [1.29, 1.82) is 0 Å².